The molecule has 3 heterocycles. The summed E-state index contributed by atoms with van der Waals surface area (Å²) in [5.41, 5.74) is 8.07. The summed E-state index contributed by atoms with van der Waals surface area (Å²) in [5.74, 6) is -0.188. The molecule has 1 amide bonds. The van der Waals surface area contributed by atoms with Crippen molar-refractivity contribution in [2.24, 2.45) is 11.1 Å². The number of primary amides is 1. The van der Waals surface area contributed by atoms with Crippen molar-refractivity contribution < 1.29 is 4.79 Å². The molecule has 0 spiro atoms. The molecule has 20 heavy (non-hydrogen) atoms. The highest BCUT2D eigenvalue weighted by atomic mass is 79.9. The van der Waals surface area contributed by atoms with Crippen molar-refractivity contribution in [2.45, 2.75) is 19.8 Å². The molecule has 3 N–H and O–H groups in total. The molecule has 6 heteroatoms. The van der Waals surface area contributed by atoms with Gasteiger partial charge in [0.2, 0.25) is 0 Å². The van der Waals surface area contributed by atoms with Gasteiger partial charge in [-0.25, -0.2) is 4.52 Å². The molecule has 2 aromatic heterocycles. The Morgan fingerprint density at radius 3 is 2.95 bits per heavy atom. The van der Waals surface area contributed by atoms with Crippen LogP contribution in [0.4, 0.5) is 0 Å². The Kier molecular flexibility index (Phi) is 3.10. The molecular formula is C14H17BrN4O. The van der Waals surface area contributed by atoms with Crippen molar-refractivity contribution in [3.63, 3.8) is 0 Å². The quantitative estimate of drug-likeness (QED) is 0.879. The normalized spacial score (nSPS) is 21.4. The topological polar surface area (TPSA) is 72.4 Å². The number of nitrogens with two attached hydrogens (primary N) is 1. The van der Waals surface area contributed by atoms with Crippen molar-refractivity contribution in [3.8, 4) is 0 Å². The summed E-state index contributed by atoms with van der Waals surface area (Å²) < 4.78 is 2.73. The number of carbonyl (C=O) groups excluding carboxylic acids is 1. The van der Waals surface area contributed by atoms with Crippen LogP contribution in [-0.2, 0) is 0 Å². The molecule has 3 rings (SSSR count). The van der Waals surface area contributed by atoms with Gasteiger partial charge in [0.05, 0.1) is 17.3 Å². The second-order valence-corrected chi connectivity index (χ2v) is 6.91. The summed E-state index contributed by atoms with van der Waals surface area (Å²) in [4.78, 5) is 11.8. The van der Waals surface area contributed by atoms with E-state index in [9.17, 15) is 4.79 Å². The number of fused-ring (bicyclic) bond motifs is 1. The molecule has 2 aromatic rings. The summed E-state index contributed by atoms with van der Waals surface area (Å²) in [6, 6.07) is 1.99. The number of halogens is 1. The van der Waals surface area contributed by atoms with Crippen molar-refractivity contribution in [1.29, 1.82) is 0 Å². The van der Waals surface area contributed by atoms with Gasteiger partial charge >= 0.3 is 0 Å². The smallest absolute Gasteiger partial charge is 0.250 e. The maximum absolute atomic E-state index is 11.8. The minimum Gasteiger partial charge on any atom is -0.366 e. The molecule has 1 fully saturated rings. The third-order valence-electron chi connectivity index (χ3n) is 4.13. The van der Waals surface area contributed by atoms with Crippen molar-refractivity contribution in [1.82, 2.24) is 14.9 Å². The molecular weight excluding hydrogens is 320 g/mol. The van der Waals surface area contributed by atoms with Crippen molar-refractivity contribution in [3.05, 3.63) is 34.1 Å². The van der Waals surface area contributed by atoms with Crippen LogP contribution in [0.5, 0.6) is 0 Å². The highest BCUT2D eigenvalue weighted by molar-refractivity contribution is 9.10. The number of carbonyl (C=O) groups is 1. The standard InChI is InChI=1S/C14H17BrN4O/c1-14(2)7-17-5-10(14)12-9(13(16)20)4-18-19-6-8(15)3-11(12)19/h3-4,6,10,17H,5,7H2,1-2H3,(H2,16,20). The summed E-state index contributed by atoms with van der Waals surface area (Å²) in [5, 5.41) is 7.67. The molecule has 0 saturated carbocycles. The lowest BCUT2D eigenvalue weighted by molar-refractivity contribution is 0.0998. The van der Waals surface area contributed by atoms with Crippen LogP contribution >= 0.6 is 15.9 Å². The van der Waals surface area contributed by atoms with E-state index in [1.54, 1.807) is 10.7 Å². The van der Waals surface area contributed by atoms with E-state index >= 15 is 0 Å². The molecule has 1 saturated heterocycles. The first-order chi connectivity index (χ1) is 9.40. The van der Waals surface area contributed by atoms with E-state index in [1.807, 2.05) is 12.3 Å². The minimum atomic E-state index is -0.421. The summed E-state index contributed by atoms with van der Waals surface area (Å²) in [6.07, 6.45) is 3.46. The zero-order valence-corrected chi connectivity index (χ0v) is 13.1. The first-order valence-corrected chi connectivity index (χ1v) is 7.37. The second kappa shape index (κ2) is 4.56. The highest BCUT2D eigenvalue weighted by Gasteiger charge is 2.38. The van der Waals surface area contributed by atoms with Gasteiger partial charge in [-0.05, 0) is 33.0 Å². The molecule has 0 bridgehead atoms. The average molecular weight is 337 g/mol. The highest BCUT2D eigenvalue weighted by Crippen LogP contribution is 2.41. The van der Waals surface area contributed by atoms with Crippen LogP contribution in [-0.4, -0.2) is 28.6 Å². The molecule has 106 valence electrons. The van der Waals surface area contributed by atoms with Crippen LogP contribution in [0.3, 0.4) is 0 Å². The number of nitrogens with zero attached hydrogens (tertiary/aromatic N) is 2. The number of hydrogen-bond donors (Lipinski definition) is 2. The summed E-state index contributed by atoms with van der Waals surface area (Å²) in [6.45, 7) is 6.18. The van der Waals surface area contributed by atoms with Crippen LogP contribution in [0.2, 0.25) is 0 Å². The molecule has 5 nitrogen and oxygen atoms in total. The first-order valence-electron chi connectivity index (χ1n) is 6.57. The van der Waals surface area contributed by atoms with Gasteiger partial charge in [-0.3, -0.25) is 4.79 Å². The minimum absolute atomic E-state index is 0.0722. The largest absolute Gasteiger partial charge is 0.366 e. The van der Waals surface area contributed by atoms with Crippen LogP contribution < -0.4 is 11.1 Å². The number of hydrogen-bond acceptors (Lipinski definition) is 3. The molecule has 0 aliphatic carbocycles. The Bertz CT molecular complexity index is 692. The predicted octanol–water partition coefficient (Wildman–Crippen LogP) is 1.91. The lowest BCUT2D eigenvalue weighted by Crippen LogP contribution is -2.25. The van der Waals surface area contributed by atoms with Crippen LogP contribution in [0.25, 0.3) is 5.52 Å². The maximum Gasteiger partial charge on any atom is 0.250 e. The van der Waals surface area contributed by atoms with E-state index in [1.165, 1.54) is 0 Å². The first kappa shape index (κ1) is 13.6. The van der Waals surface area contributed by atoms with Crippen LogP contribution in [0, 0.1) is 5.41 Å². The van der Waals surface area contributed by atoms with Gasteiger partial charge in [0.25, 0.3) is 5.91 Å². The molecule has 0 aromatic carbocycles. The molecule has 1 unspecified atom stereocenters. The Hall–Kier alpha value is -1.40. The van der Waals surface area contributed by atoms with Gasteiger partial charge in [0.15, 0.2) is 0 Å². The maximum atomic E-state index is 11.8. The fourth-order valence-corrected chi connectivity index (χ4v) is 3.45. The third kappa shape index (κ3) is 2.03. The number of amides is 1. The average Bonchev–Trinajstić information content (AvgIpc) is 2.88. The van der Waals surface area contributed by atoms with Crippen LogP contribution in [0.15, 0.2) is 22.9 Å². The van der Waals surface area contributed by atoms with E-state index in [-0.39, 0.29) is 11.3 Å². The third-order valence-corrected chi connectivity index (χ3v) is 4.56. The van der Waals surface area contributed by atoms with E-state index in [0.29, 0.717) is 5.56 Å². The zero-order chi connectivity index (χ0) is 14.5. The van der Waals surface area contributed by atoms with E-state index < -0.39 is 5.91 Å². The fraction of sp³-hybridized carbons (Fsp3) is 0.429. The van der Waals surface area contributed by atoms with Crippen molar-refractivity contribution in [2.75, 3.05) is 13.1 Å². The molecule has 1 aliphatic heterocycles. The molecule has 0 radical (unpaired) electrons. The molecule has 1 aliphatic rings. The zero-order valence-electron chi connectivity index (χ0n) is 11.5. The lowest BCUT2D eigenvalue weighted by Gasteiger charge is -2.27. The Morgan fingerprint density at radius 2 is 2.35 bits per heavy atom. The molecule has 1 atom stereocenters. The van der Waals surface area contributed by atoms with Crippen molar-refractivity contribution >= 4 is 27.4 Å². The van der Waals surface area contributed by atoms with E-state index in [4.69, 9.17) is 5.73 Å². The van der Waals surface area contributed by atoms with E-state index in [2.05, 4.69) is 40.2 Å². The number of nitrogens with one attached hydrogen (secondary N) is 1. The number of aromatic nitrogens is 2. The Morgan fingerprint density at radius 1 is 1.60 bits per heavy atom. The van der Waals surface area contributed by atoms with Crippen LogP contribution in [0.1, 0.15) is 35.7 Å². The monoisotopic (exact) mass is 336 g/mol. The SMILES string of the molecule is CC1(C)CNCC1c1c(C(N)=O)cnn2cc(Br)cc12. The summed E-state index contributed by atoms with van der Waals surface area (Å²) in [7, 11) is 0. The Labute approximate surface area is 125 Å². The lowest BCUT2D eigenvalue weighted by atomic mass is 9.76. The van der Waals surface area contributed by atoms with Gasteiger partial charge in [0, 0.05) is 29.7 Å². The van der Waals surface area contributed by atoms with Gasteiger partial charge in [-0.1, -0.05) is 13.8 Å². The van der Waals surface area contributed by atoms with Gasteiger partial charge < -0.3 is 11.1 Å². The number of rotatable bonds is 2. The summed E-state index contributed by atoms with van der Waals surface area (Å²) >= 11 is 3.46. The van der Waals surface area contributed by atoms with E-state index in [0.717, 1.165) is 28.6 Å². The van der Waals surface area contributed by atoms with Gasteiger partial charge in [0.1, 0.15) is 0 Å². The van der Waals surface area contributed by atoms with Gasteiger partial charge in [-0.2, -0.15) is 5.10 Å². The van der Waals surface area contributed by atoms with Gasteiger partial charge in [-0.15, -0.1) is 0 Å². The predicted molar refractivity (Wildman–Crippen MR) is 80.8 cm³/mol. The second-order valence-electron chi connectivity index (χ2n) is 6.00. The fourth-order valence-electron chi connectivity index (χ4n) is 3.04. The Balaban J connectivity index is 2.30.